The molecule has 3 aromatic rings. The third kappa shape index (κ3) is 3.75. The Kier molecular flexibility index (Phi) is 4.63. The summed E-state index contributed by atoms with van der Waals surface area (Å²) >= 11 is 5.85. The number of nitrogens with two attached hydrogens (primary N) is 1. The topological polar surface area (TPSA) is 96.8 Å². The number of hydrogen-bond donors (Lipinski definition) is 2. The van der Waals surface area contributed by atoms with Gasteiger partial charge < -0.3 is 10.8 Å². The van der Waals surface area contributed by atoms with Gasteiger partial charge >= 0.3 is 0 Å². The minimum Gasteiger partial charge on any atom is -0.506 e. The maximum absolute atomic E-state index is 9.85. The number of aryl methyl sites for hydroxylation is 2. The molecule has 0 bridgehead atoms. The second-order valence-corrected chi connectivity index (χ2v) is 5.94. The summed E-state index contributed by atoms with van der Waals surface area (Å²) < 4.78 is 0. The molecule has 1 aromatic heterocycles. The Morgan fingerprint density at radius 2 is 2.00 bits per heavy atom. The van der Waals surface area contributed by atoms with E-state index >= 15 is 0 Å². The van der Waals surface area contributed by atoms with Crippen molar-refractivity contribution in [2.75, 3.05) is 0 Å². The normalized spacial score (nSPS) is 12.2. The SMILES string of the molecule is Cc1ccc2nc(N=C(N)N=Cc3cccc(Cl)c3O)nc(C)c2c1. The second-order valence-electron chi connectivity index (χ2n) is 5.54. The first-order valence-corrected chi connectivity index (χ1v) is 7.92. The number of benzene rings is 2. The molecule has 2 aromatic carbocycles. The third-order valence-electron chi connectivity index (χ3n) is 3.60. The summed E-state index contributed by atoms with van der Waals surface area (Å²) in [5, 5.41) is 11.1. The molecule has 6 nitrogen and oxygen atoms in total. The van der Waals surface area contributed by atoms with Crippen LogP contribution in [0.5, 0.6) is 5.75 Å². The van der Waals surface area contributed by atoms with E-state index in [1.807, 2.05) is 32.0 Å². The van der Waals surface area contributed by atoms with Crippen LogP contribution in [0, 0.1) is 13.8 Å². The standard InChI is InChI=1S/C18H16ClN5O/c1-10-6-7-15-13(8-10)11(2)22-18(23-15)24-17(20)21-9-12-4-3-5-14(19)16(12)25/h3-9,25H,1-2H3,(H2,20,22,23,24). The second kappa shape index (κ2) is 6.86. The van der Waals surface area contributed by atoms with Gasteiger partial charge in [-0.05, 0) is 38.1 Å². The van der Waals surface area contributed by atoms with Gasteiger partial charge in [0.15, 0.2) is 0 Å². The smallest absolute Gasteiger partial charge is 0.253 e. The van der Waals surface area contributed by atoms with Gasteiger partial charge in [0.05, 0.1) is 16.2 Å². The number of phenolic OH excluding ortho intramolecular Hbond substituents is 1. The maximum Gasteiger partial charge on any atom is 0.253 e. The van der Waals surface area contributed by atoms with Crippen molar-refractivity contribution in [3.8, 4) is 5.75 Å². The Balaban J connectivity index is 1.92. The van der Waals surface area contributed by atoms with Crippen LogP contribution in [0.15, 0.2) is 46.4 Å². The van der Waals surface area contributed by atoms with Gasteiger partial charge in [-0.15, -0.1) is 0 Å². The monoisotopic (exact) mass is 353 g/mol. The van der Waals surface area contributed by atoms with Gasteiger partial charge in [0, 0.05) is 17.2 Å². The molecule has 0 saturated heterocycles. The van der Waals surface area contributed by atoms with Crippen molar-refractivity contribution >= 4 is 40.6 Å². The number of rotatable bonds is 2. The zero-order valence-corrected chi connectivity index (χ0v) is 14.5. The predicted molar refractivity (Wildman–Crippen MR) is 101 cm³/mol. The lowest BCUT2D eigenvalue weighted by molar-refractivity contribution is 0.475. The average Bonchev–Trinajstić information content (AvgIpc) is 2.57. The van der Waals surface area contributed by atoms with E-state index in [9.17, 15) is 5.11 Å². The van der Waals surface area contributed by atoms with Gasteiger partial charge in [0.1, 0.15) is 5.75 Å². The number of fused-ring (bicyclic) bond motifs is 1. The average molecular weight is 354 g/mol. The van der Waals surface area contributed by atoms with Crippen LogP contribution < -0.4 is 5.73 Å². The molecule has 0 aliphatic carbocycles. The highest BCUT2D eigenvalue weighted by molar-refractivity contribution is 6.32. The number of para-hydroxylation sites is 1. The third-order valence-corrected chi connectivity index (χ3v) is 3.90. The number of aliphatic imine (C=N–C) groups is 2. The van der Waals surface area contributed by atoms with Crippen LogP contribution in [-0.2, 0) is 0 Å². The van der Waals surface area contributed by atoms with Gasteiger partial charge in [-0.3, -0.25) is 0 Å². The number of guanidine groups is 1. The van der Waals surface area contributed by atoms with Crippen molar-refractivity contribution in [3.05, 3.63) is 58.2 Å². The van der Waals surface area contributed by atoms with Crippen LogP contribution in [0.25, 0.3) is 10.9 Å². The maximum atomic E-state index is 9.85. The van der Waals surface area contributed by atoms with Crippen molar-refractivity contribution in [2.24, 2.45) is 15.7 Å². The zero-order valence-electron chi connectivity index (χ0n) is 13.7. The van der Waals surface area contributed by atoms with E-state index in [2.05, 4.69) is 20.0 Å². The number of aromatic nitrogens is 2. The van der Waals surface area contributed by atoms with Gasteiger partial charge in [-0.25, -0.2) is 15.0 Å². The van der Waals surface area contributed by atoms with Crippen LogP contribution in [0.3, 0.4) is 0 Å². The summed E-state index contributed by atoms with van der Waals surface area (Å²) in [7, 11) is 0. The Bertz CT molecular complexity index is 1010. The molecule has 0 aliphatic rings. The molecule has 0 unspecified atom stereocenters. The summed E-state index contributed by atoms with van der Waals surface area (Å²) in [6.07, 6.45) is 1.39. The quantitative estimate of drug-likeness (QED) is 0.542. The van der Waals surface area contributed by atoms with Crippen molar-refractivity contribution in [1.29, 1.82) is 0 Å². The molecule has 3 rings (SSSR count). The van der Waals surface area contributed by atoms with E-state index in [0.29, 0.717) is 5.56 Å². The van der Waals surface area contributed by atoms with Crippen molar-refractivity contribution in [1.82, 2.24) is 9.97 Å². The number of halogens is 1. The first kappa shape index (κ1) is 16.9. The number of phenols is 1. The molecule has 0 aliphatic heterocycles. The van der Waals surface area contributed by atoms with Crippen LogP contribution >= 0.6 is 11.6 Å². The van der Waals surface area contributed by atoms with Crippen molar-refractivity contribution in [2.45, 2.75) is 13.8 Å². The first-order chi connectivity index (χ1) is 11.9. The lowest BCUT2D eigenvalue weighted by atomic mass is 10.1. The van der Waals surface area contributed by atoms with Crippen LogP contribution in [0.2, 0.25) is 5.02 Å². The van der Waals surface area contributed by atoms with Gasteiger partial charge in [0.2, 0.25) is 5.96 Å². The molecule has 25 heavy (non-hydrogen) atoms. The summed E-state index contributed by atoms with van der Waals surface area (Å²) in [5.74, 6) is 0.151. The highest BCUT2D eigenvalue weighted by Gasteiger charge is 2.05. The fourth-order valence-electron chi connectivity index (χ4n) is 2.33. The fourth-order valence-corrected chi connectivity index (χ4v) is 2.52. The largest absolute Gasteiger partial charge is 0.506 e. The van der Waals surface area contributed by atoms with E-state index < -0.39 is 0 Å². The van der Waals surface area contributed by atoms with E-state index in [1.54, 1.807) is 18.2 Å². The number of aromatic hydroxyl groups is 1. The number of nitrogens with zero attached hydrogens (tertiary/aromatic N) is 4. The number of hydrogen-bond acceptors (Lipinski definition) is 4. The van der Waals surface area contributed by atoms with Gasteiger partial charge in [-0.2, -0.15) is 4.99 Å². The Morgan fingerprint density at radius 3 is 2.80 bits per heavy atom. The lowest BCUT2D eigenvalue weighted by Crippen LogP contribution is -2.08. The fraction of sp³-hybridized carbons (Fsp3) is 0.111. The van der Waals surface area contributed by atoms with E-state index in [4.69, 9.17) is 17.3 Å². The molecular formula is C18H16ClN5O. The highest BCUT2D eigenvalue weighted by atomic mass is 35.5. The van der Waals surface area contributed by atoms with Crippen molar-refractivity contribution in [3.63, 3.8) is 0 Å². The van der Waals surface area contributed by atoms with Gasteiger partial charge in [-0.1, -0.05) is 29.3 Å². The molecule has 1 heterocycles. The minimum absolute atomic E-state index is 0.0229. The first-order valence-electron chi connectivity index (χ1n) is 7.55. The molecule has 0 saturated carbocycles. The molecule has 0 spiro atoms. The van der Waals surface area contributed by atoms with Crippen LogP contribution in [0.4, 0.5) is 5.95 Å². The van der Waals surface area contributed by atoms with Crippen molar-refractivity contribution < 1.29 is 5.11 Å². The lowest BCUT2D eigenvalue weighted by Gasteiger charge is -2.04. The Hall–Kier alpha value is -2.99. The van der Waals surface area contributed by atoms with Gasteiger partial charge in [0.25, 0.3) is 5.95 Å². The van der Waals surface area contributed by atoms with E-state index in [0.717, 1.165) is 22.2 Å². The van der Waals surface area contributed by atoms with E-state index in [1.165, 1.54) is 6.21 Å². The molecule has 7 heteroatoms. The molecule has 3 N–H and O–H groups in total. The van der Waals surface area contributed by atoms with E-state index in [-0.39, 0.29) is 22.7 Å². The summed E-state index contributed by atoms with van der Waals surface area (Å²) in [4.78, 5) is 16.9. The van der Waals surface area contributed by atoms with Crippen LogP contribution in [-0.4, -0.2) is 27.2 Å². The molecular weight excluding hydrogens is 338 g/mol. The minimum atomic E-state index is -0.0612. The Labute approximate surface area is 149 Å². The molecule has 0 fully saturated rings. The summed E-state index contributed by atoms with van der Waals surface area (Å²) in [5.41, 5.74) is 9.01. The summed E-state index contributed by atoms with van der Waals surface area (Å²) in [6, 6.07) is 10.9. The molecule has 126 valence electrons. The Morgan fingerprint density at radius 1 is 1.20 bits per heavy atom. The predicted octanol–water partition coefficient (Wildman–Crippen LogP) is 3.67. The zero-order chi connectivity index (χ0) is 18.0. The molecule has 0 amide bonds. The molecule has 0 atom stereocenters. The summed E-state index contributed by atoms with van der Waals surface area (Å²) in [6.45, 7) is 3.91. The molecule has 0 radical (unpaired) electrons. The highest BCUT2D eigenvalue weighted by Crippen LogP contribution is 2.25. The van der Waals surface area contributed by atoms with Crippen LogP contribution in [0.1, 0.15) is 16.8 Å².